The van der Waals surface area contributed by atoms with Crippen molar-refractivity contribution < 1.29 is 5.11 Å². The molecule has 0 aromatic heterocycles. The Morgan fingerprint density at radius 1 is 1.23 bits per heavy atom. The van der Waals surface area contributed by atoms with Crippen molar-refractivity contribution >= 4 is 0 Å². The quantitative estimate of drug-likeness (QED) is 0.524. The van der Waals surface area contributed by atoms with Crippen LogP contribution in [-0.2, 0) is 0 Å². The average molecular weight is 186 g/mol. The van der Waals surface area contributed by atoms with Crippen molar-refractivity contribution in [2.24, 2.45) is 5.92 Å². The van der Waals surface area contributed by atoms with E-state index in [0.29, 0.717) is 6.54 Å². The third-order valence-corrected chi connectivity index (χ3v) is 2.86. The average Bonchev–Trinajstić information content (AvgIpc) is 2.52. The van der Waals surface area contributed by atoms with E-state index in [1.807, 2.05) is 0 Å². The third kappa shape index (κ3) is 4.07. The van der Waals surface area contributed by atoms with Gasteiger partial charge >= 0.3 is 0 Å². The van der Waals surface area contributed by atoms with Gasteiger partial charge in [0, 0.05) is 25.7 Å². The van der Waals surface area contributed by atoms with Crippen molar-refractivity contribution in [1.29, 1.82) is 0 Å². The first-order chi connectivity index (χ1) is 6.34. The molecule has 2 unspecified atom stereocenters. The minimum atomic E-state index is 0.236. The van der Waals surface area contributed by atoms with Crippen molar-refractivity contribution in [2.75, 3.05) is 26.2 Å². The first-order valence-electron chi connectivity index (χ1n) is 5.39. The topological polar surface area (TPSA) is 44.3 Å². The van der Waals surface area contributed by atoms with E-state index in [1.165, 1.54) is 19.3 Å². The van der Waals surface area contributed by atoms with Gasteiger partial charge in [-0.1, -0.05) is 13.3 Å². The lowest BCUT2D eigenvalue weighted by Gasteiger charge is -2.17. The van der Waals surface area contributed by atoms with Crippen molar-refractivity contribution in [3.8, 4) is 0 Å². The Balaban J connectivity index is 1.93. The number of hydrogen-bond acceptors (Lipinski definition) is 3. The van der Waals surface area contributed by atoms with E-state index in [9.17, 15) is 0 Å². The van der Waals surface area contributed by atoms with E-state index in [1.54, 1.807) is 0 Å². The molecule has 3 N–H and O–H groups in total. The van der Waals surface area contributed by atoms with Gasteiger partial charge in [0.2, 0.25) is 0 Å². The molecule has 0 heterocycles. The van der Waals surface area contributed by atoms with E-state index < -0.39 is 0 Å². The number of rotatable bonds is 6. The van der Waals surface area contributed by atoms with Gasteiger partial charge in [-0.25, -0.2) is 0 Å². The summed E-state index contributed by atoms with van der Waals surface area (Å²) in [6.07, 6.45) is 4.09. The molecule has 3 heteroatoms. The zero-order valence-corrected chi connectivity index (χ0v) is 8.55. The summed E-state index contributed by atoms with van der Waals surface area (Å²) < 4.78 is 0. The first-order valence-corrected chi connectivity index (χ1v) is 5.39. The molecule has 0 bridgehead atoms. The second kappa shape index (κ2) is 6.35. The van der Waals surface area contributed by atoms with Crippen molar-refractivity contribution in [3.63, 3.8) is 0 Å². The van der Waals surface area contributed by atoms with Crippen LogP contribution >= 0.6 is 0 Å². The molecule has 2 atom stereocenters. The van der Waals surface area contributed by atoms with Gasteiger partial charge in [0.05, 0.1) is 6.61 Å². The molecule has 0 amide bonds. The SMILES string of the molecule is CC1CCCC1NCCNCCO. The standard InChI is InChI=1S/C10H22N2O/c1-9-3-2-4-10(9)12-6-5-11-7-8-13/h9-13H,2-8H2,1H3. The third-order valence-electron chi connectivity index (χ3n) is 2.86. The zero-order valence-electron chi connectivity index (χ0n) is 8.55. The molecule has 0 spiro atoms. The highest BCUT2D eigenvalue weighted by atomic mass is 16.3. The maximum atomic E-state index is 8.54. The smallest absolute Gasteiger partial charge is 0.0555 e. The maximum Gasteiger partial charge on any atom is 0.0555 e. The summed E-state index contributed by atoms with van der Waals surface area (Å²) in [5.74, 6) is 0.845. The molecular formula is C10H22N2O. The molecule has 0 aromatic rings. The maximum absolute atomic E-state index is 8.54. The lowest BCUT2D eigenvalue weighted by molar-refractivity contribution is 0.291. The molecule has 1 rings (SSSR count). The molecule has 1 aliphatic carbocycles. The molecule has 1 aliphatic rings. The Morgan fingerprint density at radius 3 is 2.69 bits per heavy atom. The molecule has 1 saturated carbocycles. The number of aliphatic hydroxyl groups excluding tert-OH is 1. The van der Waals surface area contributed by atoms with Crippen molar-refractivity contribution in [1.82, 2.24) is 10.6 Å². The van der Waals surface area contributed by atoms with Crippen LogP contribution in [0.15, 0.2) is 0 Å². The van der Waals surface area contributed by atoms with E-state index >= 15 is 0 Å². The lowest BCUT2D eigenvalue weighted by atomic mass is 10.1. The Kier molecular flexibility index (Phi) is 5.35. The Bertz CT molecular complexity index is 130. The van der Waals surface area contributed by atoms with Gasteiger partial charge < -0.3 is 15.7 Å². The summed E-state index contributed by atoms with van der Waals surface area (Å²) in [4.78, 5) is 0. The second-order valence-corrected chi connectivity index (χ2v) is 3.94. The Labute approximate surface area is 80.9 Å². The molecule has 0 radical (unpaired) electrons. The normalized spacial score (nSPS) is 28.2. The van der Waals surface area contributed by atoms with Crippen LogP contribution in [0.2, 0.25) is 0 Å². The summed E-state index contributed by atoms with van der Waals surface area (Å²) in [5, 5.41) is 15.2. The Morgan fingerprint density at radius 2 is 2.08 bits per heavy atom. The molecule has 0 aromatic carbocycles. The highest BCUT2D eigenvalue weighted by Crippen LogP contribution is 2.24. The molecule has 78 valence electrons. The Hall–Kier alpha value is -0.120. The summed E-state index contributed by atoms with van der Waals surface area (Å²) in [7, 11) is 0. The minimum Gasteiger partial charge on any atom is -0.395 e. The lowest BCUT2D eigenvalue weighted by Crippen LogP contribution is -2.37. The highest BCUT2D eigenvalue weighted by Gasteiger charge is 2.21. The van der Waals surface area contributed by atoms with Crippen LogP contribution in [0.3, 0.4) is 0 Å². The van der Waals surface area contributed by atoms with E-state index in [-0.39, 0.29) is 6.61 Å². The van der Waals surface area contributed by atoms with Gasteiger partial charge in [-0.15, -0.1) is 0 Å². The van der Waals surface area contributed by atoms with E-state index in [4.69, 9.17) is 5.11 Å². The van der Waals surface area contributed by atoms with E-state index in [0.717, 1.165) is 25.0 Å². The predicted molar refractivity (Wildman–Crippen MR) is 54.8 cm³/mol. The fourth-order valence-electron chi connectivity index (χ4n) is 2.00. The van der Waals surface area contributed by atoms with Gasteiger partial charge in [-0.3, -0.25) is 0 Å². The van der Waals surface area contributed by atoms with Crippen LogP contribution in [0.25, 0.3) is 0 Å². The van der Waals surface area contributed by atoms with Crippen LogP contribution < -0.4 is 10.6 Å². The summed E-state index contributed by atoms with van der Waals surface area (Å²) in [6, 6.07) is 0.732. The van der Waals surface area contributed by atoms with Crippen LogP contribution in [0.1, 0.15) is 26.2 Å². The molecule has 0 aliphatic heterocycles. The minimum absolute atomic E-state index is 0.236. The monoisotopic (exact) mass is 186 g/mol. The first kappa shape index (κ1) is 11.0. The van der Waals surface area contributed by atoms with Crippen molar-refractivity contribution in [2.45, 2.75) is 32.2 Å². The predicted octanol–water partition coefficient (Wildman–Crippen LogP) is 0.346. The summed E-state index contributed by atoms with van der Waals surface area (Å²) >= 11 is 0. The van der Waals surface area contributed by atoms with Crippen LogP contribution in [-0.4, -0.2) is 37.4 Å². The van der Waals surface area contributed by atoms with Gasteiger partial charge in [0.1, 0.15) is 0 Å². The summed E-state index contributed by atoms with van der Waals surface area (Å²) in [6.45, 7) is 5.26. The fourth-order valence-corrected chi connectivity index (χ4v) is 2.00. The zero-order chi connectivity index (χ0) is 9.52. The van der Waals surface area contributed by atoms with Gasteiger partial charge in [0.15, 0.2) is 0 Å². The van der Waals surface area contributed by atoms with Gasteiger partial charge in [0.25, 0.3) is 0 Å². The van der Waals surface area contributed by atoms with Crippen LogP contribution in [0.4, 0.5) is 0 Å². The fraction of sp³-hybridized carbons (Fsp3) is 1.00. The van der Waals surface area contributed by atoms with Crippen LogP contribution in [0.5, 0.6) is 0 Å². The van der Waals surface area contributed by atoms with Gasteiger partial charge in [-0.05, 0) is 18.8 Å². The molecule has 0 saturated heterocycles. The number of hydrogen-bond donors (Lipinski definition) is 3. The highest BCUT2D eigenvalue weighted by molar-refractivity contribution is 4.80. The number of nitrogens with one attached hydrogen (secondary N) is 2. The largest absolute Gasteiger partial charge is 0.395 e. The van der Waals surface area contributed by atoms with Crippen LogP contribution in [0, 0.1) is 5.92 Å². The summed E-state index contributed by atoms with van der Waals surface area (Å²) in [5.41, 5.74) is 0. The molecule has 1 fully saturated rings. The second-order valence-electron chi connectivity index (χ2n) is 3.94. The molecule has 13 heavy (non-hydrogen) atoms. The molecular weight excluding hydrogens is 164 g/mol. The number of aliphatic hydroxyl groups is 1. The van der Waals surface area contributed by atoms with Crippen molar-refractivity contribution in [3.05, 3.63) is 0 Å². The van der Waals surface area contributed by atoms with Gasteiger partial charge in [-0.2, -0.15) is 0 Å². The molecule has 3 nitrogen and oxygen atoms in total. The van der Waals surface area contributed by atoms with E-state index in [2.05, 4.69) is 17.6 Å².